The number of thiazole rings is 1. The van der Waals surface area contributed by atoms with E-state index in [2.05, 4.69) is 4.98 Å². The Morgan fingerprint density at radius 3 is 2.68 bits per heavy atom. The lowest BCUT2D eigenvalue weighted by atomic mass is 10.2. The molecule has 0 aliphatic heterocycles. The number of imidazole rings is 1. The van der Waals surface area contributed by atoms with Gasteiger partial charge in [0, 0.05) is 27.9 Å². The molecule has 2 aromatic heterocycles. The molecule has 1 N–H and O–H groups in total. The quantitative estimate of drug-likeness (QED) is 0.805. The summed E-state index contributed by atoms with van der Waals surface area (Å²) in [6, 6.07) is 7.46. The maximum absolute atomic E-state index is 10.7. The Hall–Kier alpha value is -1.85. The van der Waals surface area contributed by atoms with Crippen LogP contribution in [0.5, 0.6) is 0 Å². The lowest BCUT2D eigenvalue weighted by Gasteiger charge is -1.95. The zero-order chi connectivity index (χ0) is 13.4. The van der Waals surface area contributed by atoms with Crippen LogP contribution in [-0.2, 0) is 11.2 Å². The van der Waals surface area contributed by atoms with Gasteiger partial charge in [-0.25, -0.2) is 4.98 Å². The summed E-state index contributed by atoms with van der Waals surface area (Å²) >= 11 is 7.24. The lowest BCUT2D eigenvalue weighted by molar-refractivity contribution is -0.136. The highest BCUT2D eigenvalue weighted by atomic mass is 35.5. The fourth-order valence-corrected chi connectivity index (χ4v) is 2.91. The third kappa shape index (κ3) is 2.47. The van der Waals surface area contributed by atoms with Crippen molar-refractivity contribution in [2.24, 2.45) is 0 Å². The molecule has 3 rings (SSSR count). The molecule has 0 atom stereocenters. The number of aliphatic carboxylic acids is 1. The number of benzene rings is 1. The van der Waals surface area contributed by atoms with Crippen molar-refractivity contribution >= 4 is 33.9 Å². The normalized spacial score (nSPS) is 11.0. The fourth-order valence-electron chi connectivity index (χ4n) is 1.83. The van der Waals surface area contributed by atoms with Gasteiger partial charge in [0.1, 0.15) is 0 Å². The van der Waals surface area contributed by atoms with E-state index in [4.69, 9.17) is 16.7 Å². The van der Waals surface area contributed by atoms with Crippen LogP contribution >= 0.6 is 22.9 Å². The van der Waals surface area contributed by atoms with E-state index in [0.717, 1.165) is 21.1 Å². The van der Waals surface area contributed by atoms with Crippen LogP contribution in [0.15, 0.2) is 36.7 Å². The number of rotatable bonds is 3. The first-order valence-electron chi connectivity index (χ1n) is 5.57. The van der Waals surface area contributed by atoms with Gasteiger partial charge in [0.05, 0.1) is 12.1 Å². The SMILES string of the molecule is O=C(O)Cc1cn2cc(-c3ccc(Cl)cc3)nc2s1. The molecule has 0 bridgehead atoms. The van der Waals surface area contributed by atoms with Crippen LogP contribution in [-0.4, -0.2) is 20.5 Å². The average molecular weight is 293 g/mol. The van der Waals surface area contributed by atoms with Gasteiger partial charge in [0.2, 0.25) is 0 Å². The standard InChI is InChI=1S/C13H9ClN2O2S/c14-9-3-1-8(2-4-9)11-7-16-6-10(5-12(17)18)19-13(16)15-11/h1-4,6-7H,5H2,(H,17,18). The van der Waals surface area contributed by atoms with Crippen molar-refractivity contribution in [3.63, 3.8) is 0 Å². The van der Waals surface area contributed by atoms with Crippen molar-refractivity contribution in [2.45, 2.75) is 6.42 Å². The third-order valence-corrected chi connectivity index (χ3v) is 3.92. The van der Waals surface area contributed by atoms with Gasteiger partial charge in [-0.1, -0.05) is 23.7 Å². The summed E-state index contributed by atoms with van der Waals surface area (Å²) in [7, 11) is 0. The Morgan fingerprint density at radius 1 is 1.32 bits per heavy atom. The third-order valence-electron chi connectivity index (χ3n) is 2.67. The maximum atomic E-state index is 10.7. The average Bonchev–Trinajstić information content (AvgIpc) is 2.86. The highest BCUT2D eigenvalue weighted by Gasteiger charge is 2.10. The molecule has 0 saturated heterocycles. The monoisotopic (exact) mass is 292 g/mol. The van der Waals surface area contributed by atoms with Gasteiger partial charge < -0.3 is 5.11 Å². The predicted molar refractivity (Wildman–Crippen MR) is 74.9 cm³/mol. The first-order valence-corrected chi connectivity index (χ1v) is 6.76. The molecule has 2 heterocycles. The first kappa shape index (κ1) is 12.2. The summed E-state index contributed by atoms with van der Waals surface area (Å²) < 4.78 is 1.85. The molecule has 0 unspecified atom stereocenters. The Bertz CT molecular complexity index is 714. The zero-order valence-electron chi connectivity index (χ0n) is 9.71. The molecule has 0 spiro atoms. The van der Waals surface area contributed by atoms with Crippen molar-refractivity contribution < 1.29 is 9.90 Å². The van der Waals surface area contributed by atoms with Crippen LogP contribution < -0.4 is 0 Å². The summed E-state index contributed by atoms with van der Waals surface area (Å²) in [5.74, 6) is -0.831. The number of hydrogen-bond donors (Lipinski definition) is 1. The lowest BCUT2D eigenvalue weighted by Crippen LogP contribution is -1.97. The van der Waals surface area contributed by atoms with Crippen LogP contribution in [0.25, 0.3) is 16.2 Å². The van der Waals surface area contributed by atoms with Crippen molar-refractivity contribution in [3.8, 4) is 11.3 Å². The Labute approximate surface area is 117 Å². The molecule has 0 saturated carbocycles. The number of hydrogen-bond acceptors (Lipinski definition) is 3. The molecular weight excluding hydrogens is 284 g/mol. The fraction of sp³-hybridized carbons (Fsp3) is 0.0769. The molecule has 4 nitrogen and oxygen atoms in total. The summed E-state index contributed by atoms with van der Waals surface area (Å²) in [6.45, 7) is 0. The second-order valence-corrected chi connectivity index (χ2v) is 5.62. The number of nitrogens with zero attached hydrogens (tertiary/aromatic N) is 2. The van der Waals surface area contributed by atoms with Crippen LogP contribution in [0.2, 0.25) is 5.02 Å². The second kappa shape index (κ2) is 4.68. The van der Waals surface area contributed by atoms with Gasteiger partial charge in [0.15, 0.2) is 4.96 Å². The van der Waals surface area contributed by atoms with Crippen LogP contribution in [0.4, 0.5) is 0 Å². The van der Waals surface area contributed by atoms with E-state index in [1.165, 1.54) is 11.3 Å². The number of fused-ring (bicyclic) bond motifs is 1. The van der Waals surface area contributed by atoms with E-state index in [-0.39, 0.29) is 6.42 Å². The molecule has 0 fully saturated rings. The van der Waals surface area contributed by atoms with Crippen molar-refractivity contribution in [1.82, 2.24) is 9.38 Å². The molecular formula is C13H9ClN2O2S. The Kier molecular flexibility index (Phi) is 3.00. The number of carboxylic acids is 1. The molecule has 19 heavy (non-hydrogen) atoms. The van der Waals surface area contributed by atoms with Crippen molar-refractivity contribution in [3.05, 3.63) is 46.6 Å². The van der Waals surface area contributed by atoms with Crippen LogP contribution in [0.1, 0.15) is 4.88 Å². The van der Waals surface area contributed by atoms with E-state index >= 15 is 0 Å². The maximum Gasteiger partial charge on any atom is 0.308 e. The minimum absolute atomic E-state index is 0.0320. The molecule has 0 amide bonds. The summed E-state index contributed by atoms with van der Waals surface area (Å²) in [5, 5.41) is 9.44. The molecule has 0 aliphatic rings. The minimum Gasteiger partial charge on any atom is -0.481 e. The molecule has 96 valence electrons. The van der Waals surface area contributed by atoms with Gasteiger partial charge in [-0.05, 0) is 12.1 Å². The second-order valence-electron chi connectivity index (χ2n) is 4.09. The highest BCUT2D eigenvalue weighted by Crippen LogP contribution is 2.25. The van der Waals surface area contributed by atoms with Gasteiger partial charge in [-0.2, -0.15) is 0 Å². The van der Waals surface area contributed by atoms with E-state index in [9.17, 15) is 4.79 Å². The summed E-state index contributed by atoms with van der Waals surface area (Å²) in [5.41, 5.74) is 1.84. The van der Waals surface area contributed by atoms with Crippen molar-refractivity contribution in [1.29, 1.82) is 0 Å². The zero-order valence-corrected chi connectivity index (χ0v) is 11.3. The van der Waals surface area contributed by atoms with Gasteiger partial charge >= 0.3 is 5.97 Å². The number of halogens is 1. The van der Waals surface area contributed by atoms with E-state index in [1.54, 1.807) is 6.20 Å². The number of aromatic nitrogens is 2. The molecule has 0 aliphatic carbocycles. The Morgan fingerprint density at radius 2 is 2.05 bits per heavy atom. The molecule has 1 aromatic carbocycles. The van der Waals surface area contributed by atoms with Gasteiger partial charge in [-0.3, -0.25) is 9.20 Å². The number of carboxylic acid groups (broad SMARTS) is 1. The van der Waals surface area contributed by atoms with Gasteiger partial charge in [0.25, 0.3) is 0 Å². The molecule has 0 radical (unpaired) electrons. The van der Waals surface area contributed by atoms with Gasteiger partial charge in [-0.15, -0.1) is 11.3 Å². The van der Waals surface area contributed by atoms with E-state index < -0.39 is 5.97 Å². The van der Waals surface area contributed by atoms with E-state index in [1.807, 2.05) is 34.9 Å². The van der Waals surface area contributed by atoms with Crippen LogP contribution in [0, 0.1) is 0 Å². The van der Waals surface area contributed by atoms with Crippen LogP contribution in [0.3, 0.4) is 0 Å². The predicted octanol–water partition coefficient (Wildman–Crippen LogP) is 3.34. The Balaban J connectivity index is 1.96. The topological polar surface area (TPSA) is 54.6 Å². The van der Waals surface area contributed by atoms with E-state index in [0.29, 0.717) is 5.02 Å². The smallest absolute Gasteiger partial charge is 0.308 e. The summed E-state index contributed by atoms with van der Waals surface area (Å²) in [6.07, 6.45) is 3.73. The number of carbonyl (C=O) groups is 1. The largest absolute Gasteiger partial charge is 0.481 e. The first-order chi connectivity index (χ1) is 9.11. The summed E-state index contributed by atoms with van der Waals surface area (Å²) in [4.78, 5) is 16.7. The van der Waals surface area contributed by atoms with Crippen molar-refractivity contribution in [2.75, 3.05) is 0 Å². The molecule has 6 heteroatoms. The minimum atomic E-state index is -0.831. The molecule has 3 aromatic rings. The highest BCUT2D eigenvalue weighted by molar-refractivity contribution is 7.17.